The predicted molar refractivity (Wildman–Crippen MR) is 81.4 cm³/mol. The fraction of sp³-hybridized carbons (Fsp3) is 0.929. The molecule has 0 radical (unpaired) electrons. The first-order valence-electron chi connectivity index (χ1n) is 6.98. The minimum atomic E-state index is -0.488. The zero-order valence-corrected chi connectivity index (χ0v) is 14.7. The van der Waals surface area contributed by atoms with Gasteiger partial charge in [0, 0.05) is 11.9 Å². The van der Waals surface area contributed by atoms with Crippen molar-refractivity contribution >= 4 is 22.0 Å². The number of carbonyl (C=O) groups is 1. The van der Waals surface area contributed by atoms with Gasteiger partial charge < -0.3 is 19.1 Å². The lowest BCUT2D eigenvalue weighted by Crippen LogP contribution is -2.52. The molecule has 1 aliphatic heterocycles. The summed E-state index contributed by atoms with van der Waals surface area (Å²) in [5, 5.41) is 0.649. The Morgan fingerprint density at radius 3 is 2.30 bits per heavy atom. The highest BCUT2D eigenvalue weighted by atomic mass is 79.9. The summed E-state index contributed by atoms with van der Waals surface area (Å²) < 4.78 is 16.6. The van der Waals surface area contributed by atoms with Crippen LogP contribution in [0.3, 0.4) is 0 Å². The first kappa shape index (κ1) is 17.7. The Labute approximate surface area is 130 Å². The maximum Gasteiger partial charge on any atom is 0.410 e. The van der Waals surface area contributed by atoms with Crippen molar-refractivity contribution in [3.63, 3.8) is 0 Å². The molecule has 0 aromatic rings. The molecule has 1 unspecified atom stereocenters. The summed E-state index contributed by atoms with van der Waals surface area (Å²) in [6.07, 6.45) is -0.185. The molecule has 0 saturated carbocycles. The molecule has 6 heteroatoms. The second kappa shape index (κ2) is 7.09. The van der Waals surface area contributed by atoms with E-state index >= 15 is 0 Å². The van der Waals surface area contributed by atoms with Crippen molar-refractivity contribution in [3.8, 4) is 0 Å². The molecule has 0 aliphatic carbocycles. The summed E-state index contributed by atoms with van der Waals surface area (Å²) in [4.78, 5) is 13.8. The van der Waals surface area contributed by atoms with E-state index in [1.807, 2.05) is 34.6 Å². The van der Waals surface area contributed by atoms with Gasteiger partial charge in [0.1, 0.15) is 11.7 Å². The van der Waals surface area contributed by atoms with Crippen molar-refractivity contribution in [2.45, 2.75) is 51.9 Å². The first-order valence-corrected chi connectivity index (χ1v) is 8.11. The summed E-state index contributed by atoms with van der Waals surface area (Å²) in [7, 11) is 0. The van der Waals surface area contributed by atoms with Crippen molar-refractivity contribution in [2.24, 2.45) is 0 Å². The molecule has 0 aromatic carbocycles. The minimum Gasteiger partial charge on any atom is -0.444 e. The van der Waals surface area contributed by atoms with E-state index in [0.717, 1.165) is 0 Å². The van der Waals surface area contributed by atoms with E-state index in [4.69, 9.17) is 14.2 Å². The van der Waals surface area contributed by atoms with Crippen molar-refractivity contribution in [1.29, 1.82) is 0 Å². The second-order valence-electron chi connectivity index (χ2n) is 6.36. The molecule has 1 heterocycles. The number of hydrogen-bond acceptors (Lipinski definition) is 4. The van der Waals surface area contributed by atoms with Gasteiger partial charge in [-0.05, 0) is 34.6 Å². The van der Waals surface area contributed by atoms with Crippen LogP contribution in [0.2, 0.25) is 0 Å². The number of rotatable bonds is 6. The maximum atomic E-state index is 12.2. The van der Waals surface area contributed by atoms with E-state index < -0.39 is 11.2 Å². The lowest BCUT2D eigenvalue weighted by molar-refractivity contribution is -0.184. The maximum absolute atomic E-state index is 12.2. The van der Waals surface area contributed by atoms with Crippen LogP contribution in [-0.4, -0.2) is 59.9 Å². The van der Waals surface area contributed by atoms with E-state index in [0.29, 0.717) is 31.6 Å². The molecule has 20 heavy (non-hydrogen) atoms. The van der Waals surface area contributed by atoms with E-state index in [9.17, 15) is 4.79 Å². The van der Waals surface area contributed by atoms with Crippen LogP contribution in [0.5, 0.6) is 0 Å². The lowest BCUT2D eigenvalue weighted by atomic mass is 10.1. The third-order valence-corrected chi connectivity index (χ3v) is 4.09. The van der Waals surface area contributed by atoms with Gasteiger partial charge in [-0.1, -0.05) is 15.9 Å². The molecule has 118 valence electrons. The van der Waals surface area contributed by atoms with Crippen LogP contribution in [0.25, 0.3) is 0 Å². The molecule has 0 aromatic heterocycles. The normalized spacial score (nSPS) is 19.1. The number of alkyl halides is 1. The van der Waals surface area contributed by atoms with Gasteiger partial charge in [-0.3, -0.25) is 0 Å². The smallest absolute Gasteiger partial charge is 0.410 e. The fourth-order valence-corrected chi connectivity index (χ4v) is 2.14. The average molecular weight is 352 g/mol. The molecule has 0 bridgehead atoms. The summed E-state index contributed by atoms with van der Waals surface area (Å²) in [5.74, 6) is 0. The fourth-order valence-electron chi connectivity index (χ4n) is 1.83. The van der Waals surface area contributed by atoms with Gasteiger partial charge in [-0.25, -0.2) is 4.79 Å². The monoisotopic (exact) mass is 351 g/mol. The van der Waals surface area contributed by atoms with E-state index in [-0.39, 0.29) is 12.2 Å². The third kappa shape index (κ3) is 5.58. The first-order chi connectivity index (χ1) is 9.19. The highest BCUT2D eigenvalue weighted by molar-refractivity contribution is 9.09. The summed E-state index contributed by atoms with van der Waals surface area (Å²) in [5.41, 5.74) is -0.931. The third-order valence-electron chi connectivity index (χ3n) is 2.90. The molecule has 1 rings (SSSR count). The Kier molecular flexibility index (Phi) is 6.28. The molecule has 0 spiro atoms. The van der Waals surface area contributed by atoms with Crippen LogP contribution in [0.1, 0.15) is 34.6 Å². The quantitative estimate of drug-likeness (QED) is 0.690. The largest absolute Gasteiger partial charge is 0.444 e. The zero-order valence-electron chi connectivity index (χ0n) is 13.1. The zero-order chi connectivity index (χ0) is 15.4. The van der Waals surface area contributed by atoms with Gasteiger partial charge in [0.25, 0.3) is 0 Å². The summed E-state index contributed by atoms with van der Waals surface area (Å²) in [6.45, 7) is 11.8. The molecule has 1 saturated heterocycles. The highest BCUT2D eigenvalue weighted by Gasteiger charge is 2.35. The standard InChI is InChI=1S/C14H26BrNO4/c1-6-16(12(17)20-13(2,3)4)10-14(5,9-15)19-11-7-18-8-11/h11H,6-10H2,1-5H3. The van der Waals surface area contributed by atoms with Crippen LogP contribution in [-0.2, 0) is 14.2 Å². The molecule has 1 atom stereocenters. The van der Waals surface area contributed by atoms with Gasteiger partial charge in [-0.15, -0.1) is 0 Å². The molecule has 1 fully saturated rings. The highest BCUT2D eigenvalue weighted by Crippen LogP contribution is 2.22. The SMILES string of the molecule is CCN(CC(C)(CBr)OC1COC1)C(=O)OC(C)(C)C. The van der Waals surface area contributed by atoms with Crippen LogP contribution >= 0.6 is 15.9 Å². The Morgan fingerprint density at radius 1 is 1.35 bits per heavy atom. The van der Waals surface area contributed by atoms with Gasteiger partial charge in [0.2, 0.25) is 0 Å². The molecule has 1 amide bonds. The van der Waals surface area contributed by atoms with Crippen LogP contribution in [0, 0.1) is 0 Å². The lowest BCUT2D eigenvalue weighted by Gasteiger charge is -2.39. The van der Waals surface area contributed by atoms with Crippen LogP contribution in [0.15, 0.2) is 0 Å². The Balaban J connectivity index is 2.61. The molecule has 1 aliphatic rings. The average Bonchev–Trinajstić information content (AvgIpc) is 2.29. The number of nitrogens with zero attached hydrogens (tertiary/aromatic N) is 1. The van der Waals surface area contributed by atoms with E-state index in [2.05, 4.69) is 15.9 Å². The van der Waals surface area contributed by atoms with Crippen LogP contribution < -0.4 is 0 Å². The molecular formula is C14H26BrNO4. The van der Waals surface area contributed by atoms with Gasteiger partial charge in [-0.2, -0.15) is 0 Å². The van der Waals surface area contributed by atoms with Gasteiger partial charge >= 0.3 is 6.09 Å². The topological polar surface area (TPSA) is 48.0 Å². The molecule has 5 nitrogen and oxygen atoms in total. The minimum absolute atomic E-state index is 0.120. The number of amides is 1. The Bertz CT molecular complexity index is 328. The Morgan fingerprint density at radius 2 is 1.95 bits per heavy atom. The number of hydrogen-bond donors (Lipinski definition) is 0. The van der Waals surface area contributed by atoms with Crippen molar-refractivity contribution in [3.05, 3.63) is 0 Å². The number of likely N-dealkylation sites (N-methyl/N-ethyl adjacent to an activating group) is 1. The van der Waals surface area contributed by atoms with E-state index in [1.165, 1.54) is 0 Å². The Hall–Kier alpha value is -0.330. The molecular weight excluding hydrogens is 326 g/mol. The number of halogens is 1. The number of ether oxygens (including phenoxy) is 3. The van der Waals surface area contributed by atoms with E-state index in [1.54, 1.807) is 4.90 Å². The second-order valence-corrected chi connectivity index (χ2v) is 6.92. The van der Waals surface area contributed by atoms with Crippen LogP contribution in [0.4, 0.5) is 4.79 Å². The summed E-state index contributed by atoms with van der Waals surface area (Å²) in [6, 6.07) is 0. The molecule has 0 N–H and O–H groups in total. The van der Waals surface area contributed by atoms with Crippen molar-refractivity contribution in [1.82, 2.24) is 4.90 Å². The van der Waals surface area contributed by atoms with Gasteiger partial charge in [0.15, 0.2) is 0 Å². The van der Waals surface area contributed by atoms with Crippen molar-refractivity contribution in [2.75, 3.05) is 31.6 Å². The predicted octanol–water partition coefficient (Wildman–Crippen LogP) is 2.81. The van der Waals surface area contributed by atoms with Gasteiger partial charge in [0.05, 0.1) is 25.4 Å². The van der Waals surface area contributed by atoms with Crippen molar-refractivity contribution < 1.29 is 19.0 Å². The number of carbonyl (C=O) groups excluding carboxylic acids is 1. The summed E-state index contributed by atoms with van der Waals surface area (Å²) >= 11 is 3.48.